The van der Waals surface area contributed by atoms with E-state index >= 15 is 0 Å². The van der Waals surface area contributed by atoms with E-state index in [9.17, 15) is 0 Å². The molecule has 156 valence electrons. The van der Waals surface area contributed by atoms with Crippen LogP contribution in [0.1, 0.15) is 6.42 Å². The van der Waals surface area contributed by atoms with Crippen molar-refractivity contribution >= 4 is 52.4 Å². The van der Waals surface area contributed by atoms with Crippen LogP contribution in [0.3, 0.4) is 0 Å². The van der Waals surface area contributed by atoms with Crippen LogP contribution in [0, 0.1) is 5.92 Å². The first-order valence-electron chi connectivity index (χ1n) is 9.05. The number of anilines is 3. The molecule has 3 rings (SSSR count). The number of nitrogens with one attached hydrogen (secondary N) is 2. The summed E-state index contributed by atoms with van der Waals surface area (Å²) < 4.78 is 5.35. The Morgan fingerprint density at radius 2 is 2.03 bits per heavy atom. The zero-order chi connectivity index (χ0) is 21.0. The molecule has 1 aromatic carbocycles. The lowest BCUT2D eigenvalue weighted by atomic mass is 10.1. The number of aliphatic imine (C=N–C) groups is 1. The summed E-state index contributed by atoms with van der Waals surface area (Å²) in [6.45, 7) is 2.86. The first kappa shape index (κ1) is 21.2. The Morgan fingerprint density at radius 1 is 1.31 bits per heavy atom. The Hall–Kier alpha value is -2.49. The van der Waals surface area contributed by atoms with Crippen molar-refractivity contribution in [1.29, 1.82) is 0 Å². The highest BCUT2D eigenvalue weighted by molar-refractivity contribution is 6.35. The molecule has 0 amide bonds. The molecule has 1 aromatic heterocycles. The van der Waals surface area contributed by atoms with Crippen LogP contribution in [0.2, 0.25) is 10.0 Å². The maximum Gasteiger partial charge on any atom is 0.256 e. The van der Waals surface area contributed by atoms with Crippen molar-refractivity contribution in [1.82, 2.24) is 14.9 Å². The molecule has 1 saturated heterocycles. The Kier molecular flexibility index (Phi) is 6.83. The molecule has 0 saturated carbocycles. The van der Waals surface area contributed by atoms with Gasteiger partial charge < -0.3 is 31.7 Å². The minimum Gasteiger partial charge on any atom is -0.490 e. The Morgan fingerprint density at radius 3 is 2.66 bits per heavy atom. The van der Waals surface area contributed by atoms with Gasteiger partial charge in [-0.25, -0.2) is 0 Å². The van der Waals surface area contributed by atoms with E-state index in [2.05, 4.69) is 37.5 Å². The quantitative estimate of drug-likeness (QED) is 0.400. The molecule has 1 atom stereocenters. The van der Waals surface area contributed by atoms with E-state index in [0.717, 1.165) is 26.1 Å². The molecule has 2 heterocycles. The highest BCUT2D eigenvalue weighted by atomic mass is 35.5. The molecule has 6 N–H and O–H groups in total. The molecule has 29 heavy (non-hydrogen) atoms. The lowest BCUT2D eigenvalue weighted by Crippen LogP contribution is -2.22. The third-order valence-electron chi connectivity index (χ3n) is 4.49. The fourth-order valence-electron chi connectivity index (χ4n) is 3.17. The average molecular weight is 439 g/mol. The summed E-state index contributed by atoms with van der Waals surface area (Å²) in [5.41, 5.74) is 12.6. The van der Waals surface area contributed by atoms with Gasteiger partial charge in [0.15, 0.2) is 11.6 Å². The van der Waals surface area contributed by atoms with Gasteiger partial charge in [-0.15, -0.1) is 0 Å². The molecule has 0 spiro atoms. The van der Waals surface area contributed by atoms with Gasteiger partial charge in [0.05, 0.1) is 7.11 Å². The number of hydrogen-bond donors (Lipinski definition) is 4. The fourth-order valence-corrected chi connectivity index (χ4v) is 3.70. The van der Waals surface area contributed by atoms with Crippen molar-refractivity contribution < 1.29 is 4.74 Å². The van der Waals surface area contributed by atoms with Crippen molar-refractivity contribution in [3.8, 4) is 5.75 Å². The summed E-state index contributed by atoms with van der Waals surface area (Å²) in [5.74, 6) is 1.72. The van der Waals surface area contributed by atoms with E-state index in [1.807, 2.05) is 0 Å². The van der Waals surface area contributed by atoms with Gasteiger partial charge in [-0.3, -0.25) is 0 Å². The fraction of sp³-hybridized carbons (Fsp3) is 0.389. The molecule has 1 fully saturated rings. The number of nitrogens with two attached hydrogens (primary N) is 2. The van der Waals surface area contributed by atoms with Gasteiger partial charge in [-0.1, -0.05) is 23.2 Å². The Balaban J connectivity index is 1.77. The van der Waals surface area contributed by atoms with E-state index in [1.54, 1.807) is 18.2 Å². The molecule has 1 aliphatic rings. The predicted molar refractivity (Wildman–Crippen MR) is 118 cm³/mol. The summed E-state index contributed by atoms with van der Waals surface area (Å²) in [6, 6.07) is 4.96. The van der Waals surface area contributed by atoms with Crippen LogP contribution < -0.4 is 26.8 Å². The van der Waals surface area contributed by atoms with E-state index in [1.165, 1.54) is 7.11 Å². The van der Waals surface area contributed by atoms with E-state index in [0.29, 0.717) is 33.2 Å². The van der Waals surface area contributed by atoms with Crippen LogP contribution in [0.25, 0.3) is 0 Å². The minimum atomic E-state index is 0.0660. The number of rotatable bonds is 6. The van der Waals surface area contributed by atoms with E-state index in [-0.39, 0.29) is 17.7 Å². The molecular formula is C18H24Cl2N8O. The molecule has 2 aromatic rings. The zero-order valence-electron chi connectivity index (χ0n) is 16.2. The van der Waals surface area contributed by atoms with Gasteiger partial charge in [0.25, 0.3) is 5.95 Å². The monoisotopic (exact) mass is 438 g/mol. The van der Waals surface area contributed by atoms with Crippen molar-refractivity contribution in [3.63, 3.8) is 0 Å². The molecule has 0 radical (unpaired) electrons. The molecule has 11 heteroatoms. The molecule has 1 unspecified atom stereocenters. The van der Waals surface area contributed by atoms with Gasteiger partial charge >= 0.3 is 0 Å². The number of guanidine groups is 1. The highest BCUT2D eigenvalue weighted by Gasteiger charge is 2.21. The number of methoxy groups -OCH3 is 1. The first-order valence-corrected chi connectivity index (χ1v) is 9.81. The van der Waals surface area contributed by atoms with Crippen LogP contribution in [0.4, 0.5) is 23.3 Å². The summed E-state index contributed by atoms with van der Waals surface area (Å²) in [4.78, 5) is 15.0. The second kappa shape index (κ2) is 9.34. The SMILES string of the molecule is COc1c(N)nc(/N=C(\N)Nc2cc(Cl)cc(Cl)c2)nc1NCC1CCN(C)C1. The minimum absolute atomic E-state index is 0.0660. The third kappa shape index (κ3) is 5.75. The lowest BCUT2D eigenvalue weighted by molar-refractivity contribution is 0.398. The maximum absolute atomic E-state index is 6.02. The number of halogens is 2. The maximum atomic E-state index is 6.02. The van der Waals surface area contributed by atoms with Gasteiger partial charge in [0.1, 0.15) is 0 Å². The number of aromatic nitrogens is 2. The number of hydrogen-bond acceptors (Lipinski definition) is 7. The van der Waals surface area contributed by atoms with Crippen LogP contribution in [-0.2, 0) is 0 Å². The van der Waals surface area contributed by atoms with Crippen LogP contribution in [0.15, 0.2) is 23.2 Å². The molecular weight excluding hydrogens is 415 g/mol. The number of nitrogen functional groups attached to an aromatic ring is 1. The number of likely N-dealkylation sites (tertiary alicyclic amines) is 1. The molecule has 1 aliphatic heterocycles. The van der Waals surface area contributed by atoms with Crippen molar-refractivity contribution in [2.24, 2.45) is 16.6 Å². The average Bonchev–Trinajstić information content (AvgIpc) is 3.04. The van der Waals surface area contributed by atoms with Crippen molar-refractivity contribution in [2.75, 3.05) is 50.2 Å². The zero-order valence-corrected chi connectivity index (χ0v) is 17.8. The van der Waals surface area contributed by atoms with Gasteiger partial charge in [0.2, 0.25) is 11.7 Å². The predicted octanol–water partition coefficient (Wildman–Crippen LogP) is 2.80. The summed E-state index contributed by atoms with van der Waals surface area (Å²) >= 11 is 12.0. The number of benzene rings is 1. The summed E-state index contributed by atoms with van der Waals surface area (Å²) in [6.07, 6.45) is 1.12. The lowest BCUT2D eigenvalue weighted by Gasteiger charge is -2.15. The smallest absolute Gasteiger partial charge is 0.256 e. The Labute approximate surface area is 179 Å². The second-order valence-corrected chi connectivity index (χ2v) is 7.74. The molecule has 0 bridgehead atoms. The Bertz CT molecular complexity index is 887. The first-order chi connectivity index (χ1) is 13.8. The van der Waals surface area contributed by atoms with E-state index in [4.69, 9.17) is 39.4 Å². The van der Waals surface area contributed by atoms with Crippen LogP contribution in [-0.4, -0.2) is 54.6 Å². The molecule has 9 nitrogen and oxygen atoms in total. The molecule has 0 aliphatic carbocycles. The van der Waals surface area contributed by atoms with Gasteiger partial charge in [-0.2, -0.15) is 15.0 Å². The third-order valence-corrected chi connectivity index (χ3v) is 4.92. The highest BCUT2D eigenvalue weighted by Crippen LogP contribution is 2.30. The van der Waals surface area contributed by atoms with Crippen LogP contribution >= 0.6 is 23.2 Å². The summed E-state index contributed by atoms with van der Waals surface area (Å²) in [7, 11) is 3.63. The van der Waals surface area contributed by atoms with Crippen molar-refractivity contribution in [3.05, 3.63) is 28.2 Å². The van der Waals surface area contributed by atoms with E-state index < -0.39 is 0 Å². The van der Waals surface area contributed by atoms with Crippen molar-refractivity contribution in [2.45, 2.75) is 6.42 Å². The number of ether oxygens (including phenoxy) is 1. The number of nitrogens with zero attached hydrogens (tertiary/aromatic N) is 4. The topological polar surface area (TPSA) is 127 Å². The van der Waals surface area contributed by atoms with Gasteiger partial charge in [-0.05, 0) is 44.1 Å². The largest absolute Gasteiger partial charge is 0.490 e. The van der Waals surface area contributed by atoms with Crippen LogP contribution in [0.5, 0.6) is 5.75 Å². The normalized spacial score (nSPS) is 17.4. The second-order valence-electron chi connectivity index (χ2n) is 6.87. The van der Waals surface area contributed by atoms with Gasteiger partial charge in [0, 0.05) is 28.8 Å². The standard InChI is InChI=1S/C18H24Cl2N8O/c1-28-4-3-10(9-28)8-23-16-14(29-2)15(21)25-18(26-16)27-17(22)24-13-6-11(19)5-12(20)7-13/h5-7,10H,3-4,8-9H2,1-2H3,(H6,21,22,23,24,25,26,27). The summed E-state index contributed by atoms with van der Waals surface area (Å²) in [5, 5.41) is 7.15.